The second-order valence-electron chi connectivity index (χ2n) is 6.92. The summed E-state index contributed by atoms with van der Waals surface area (Å²) in [6, 6.07) is 8.93. The lowest BCUT2D eigenvalue weighted by Gasteiger charge is -2.18. The lowest BCUT2D eigenvalue weighted by atomic mass is 9.98. The summed E-state index contributed by atoms with van der Waals surface area (Å²) < 4.78 is 0.874. The number of amides is 1. The summed E-state index contributed by atoms with van der Waals surface area (Å²) in [5.41, 5.74) is 10.4. The van der Waals surface area contributed by atoms with E-state index in [4.69, 9.17) is 5.73 Å². The second kappa shape index (κ2) is 7.23. The first kappa shape index (κ1) is 17.4. The van der Waals surface area contributed by atoms with Crippen molar-refractivity contribution in [3.8, 4) is 11.1 Å². The van der Waals surface area contributed by atoms with E-state index in [1.165, 1.54) is 6.20 Å². The van der Waals surface area contributed by atoms with Crippen LogP contribution in [0.2, 0.25) is 0 Å². The Balaban J connectivity index is 1.75. The fourth-order valence-corrected chi connectivity index (χ4v) is 3.68. The Bertz CT molecular complexity index is 765. The molecule has 0 unspecified atom stereocenters. The van der Waals surface area contributed by atoms with Crippen molar-refractivity contribution in [2.24, 2.45) is 11.7 Å². The van der Waals surface area contributed by atoms with E-state index in [0.29, 0.717) is 11.6 Å². The van der Waals surface area contributed by atoms with E-state index in [9.17, 15) is 10.0 Å². The molecule has 0 radical (unpaired) electrons. The fraction of sp³-hybridized carbons (Fsp3) is 0.400. The van der Waals surface area contributed by atoms with Crippen LogP contribution in [0.3, 0.4) is 0 Å². The quantitative estimate of drug-likeness (QED) is 0.663. The third kappa shape index (κ3) is 3.66. The number of nitrogens with two attached hydrogens (primary N) is 1. The maximum atomic E-state index is 12.3. The van der Waals surface area contributed by atoms with Gasteiger partial charge in [-0.05, 0) is 48.9 Å². The zero-order valence-corrected chi connectivity index (χ0v) is 14.8. The minimum absolute atomic E-state index is 0.121. The molecule has 1 heterocycles. The summed E-state index contributed by atoms with van der Waals surface area (Å²) >= 11 is 0. The molecule has 3 N–H and O–H groups in total. The molecule has 5 nitrogen and oxygen atoms in total. The first-order valence-electron chi connectivity index (χ1n) is 8.83. The molecule has 5 heteroatoms. The van der Waals surface area contributed by atoms with Gasteiger partial charge in [-0.3, -0.25) is 4.79 Å². The summed E-state index contributed by atoms with van der Waals surface area (Å²) in [6.45, 7) is 3.80. The van der Waals surface area contributed by atoms with E-state index in [1.54, 1.807) is 0 Å². The zero-order chi connectivity index (χ0) is 18.0. The van der Waals surface area contributed by atoms with Gasteiger partial charge in [-0.25, -0.2) is 0 Å². The van der Waals surface area contributed by atoms with Crippen LogP contribution in [0.4, 0.5) is 5.69 Å². The van der Waals surface area contributed by atoms with Crippen LogP contribution < -0.4 is 15.8 Å². The van der Waals surface area contributed by atoms with Crippen molar-refractivity contribution >= 4 is 11.6 Å². The minimum Gasteiger partial charge on any atom is -0.618 e. The van der Waals surface area contributed by atoms with Crippen molar-refractivity contribution in [3.63, 3.8) is 0 Å². The molecule has 1 aliphatic carbocycles. The molecule has 3 rings (SSSR count). The standard InChI is InChI=1S/C20H25N3O2/c1-13-11-12-23(25)14(2)18(13)15-7-9-17(10-8-15)22-20(24)19(21)16-5-3-4-6-16/h7-12,16,19H,3-6,21H2,1-2H3,(H,22,24)/t19-/m0/s1. The molecule has 0 bridgehead atoms. The largest absolute Gasteiger partial charge is 0.618 e. The molecule has 0 saturated heterocycles. The van der Waals surface area contributed by atoms with Crippen LogP contribution in [-0.4, -0.2) is 11.9 Å². The van der Waals surface area contributed by atoms with E-state index in [0.717, 1.165) is 52.8 Å². The molecule has 1 atom stereocenters. The zero-order valence-electron chi connectivity index (χ0n) is 14.8. The number of benzene rings is 1. The van der Waals surface area contributed by atoms with Gasteiger partial charge in [0.1, 0.15) is 0 Å². The van der Waals surface area contributed by atoms with Gasteiger partial charge in [0, 0.05) is 18.7 Å². The number of anilines is 1. The van der Waals surface area contributed by atoms with Gasteiger partial charge in [-0.15, -0.1) is 0 Å². The highest BCUT2D eigenvalue weighted by Gasteiger charge is 2.27. The lowest BCUT2D eigenvalue weighted by molar-refractivity contribution is -0.611. The smallest absolute Gasteiger partial charge is 0.241 e. The van der Waals surface area contributed by atoms with E-state index >= 15 is 0 Å². The molecular weight excluding hydrogens is 314 g/mol. The van der Waals surface area contributed by atoms with Gasteiger partial charge >= 0.3 is 0 Å². The Labute approximate surface area is 148 Å². The Morgan fingerprint density at radius 1 is 1.20 bits per heavy atom. The summed E-state index contributed by atoms with van der Waals surface area (Å²) in [5.74, 6) is 0.172. The van der Waals surface area contributed by atoms with Crippen LogP contribution in [0.1, 0.15) is 36.9 Å². The minimum atomic E-state index is -0.444. The van der Waals surface area contributed by atoms with Crippen LogP contribution in [0.15, 0.2) is 36.5 Å². The predicted molar refractivity (Wildman–Crippen MR) is 98.9 cm³/mol. The van der Waals surface area contributed by atoms with Gasteiger partial charge in [-0.2, -0.15) is 4.73 Å². The normalized spacial score (nSPS) is 16.0. The predicted octanol–water partition coefficient (Wildman–Crippen LogP) is 3.06. The van der Waals surface area contributed by atoms with Crippen molar-refractivity contribution in [2.45, 2.75) is 45.6 Å². The molecule has 1 aromatic carbocycles. The highest BCUT2D eigenvalue weighted by molar-refractivity contribution is 5.95. The molecule has 1 aromatic heterocycles. The van der Waals surface area contributed by atoms with E-state index in [2.05, 4.69) is 5.32 Å². The summed E-state index contributed by atoms with van der Waals surface area (Å²) in [7, 11) is 0. The molecule has 0 spiro atoms. The van der Waals surface area contributed by atoms with Crippen LogP contribution in [0.25, 0.3) is 11.1 Å². The number of carbonyl (C=O) groups is 1. The molecule has 1 aliphatic rings. The topological polar surface area (TPSA) is 82.1 Å². The van der Waals surface area contributed by atoms with Crippen LogP contribution in [-0.2, 0) is 4.79 Å². The van der Waals surface area contributed by atoms with Gasteiger partial charge in [0.05, 0.1) is 11.6 Å². The summed E-state index contributed by atoms with van der Waals surface area (Å²) in [6.07, 6.45) is 5.92. The van der Waals surface area contributed by atoms with Crippen LogP contribution in [0, 0.1) is 25.0 Å². The number of hydrogen-bond donors (Lipinski definition) is 2. The van der Waals surface area contributed by atoms with Gasteiger partial charge in [0.15, 0.2) is 11.9 Å². The van der Waals surface area contributed by atoms with Gasteiger partial charge in [-0.1, -0.05) is 25.0 Å². The first-order chi connectivity index (χ1) is 12.0. The molecule has 132 valence electrons. The molecule has 2 aromatic rings. The first-order valence-corrected chi connectivity index (χ1v) is 8.83. The monoisotopic (exact) mass is 339 g/mol. The second-order valence-corrected chi connectivity index (χ2v) is 6.92. The molecule has 0 aliphatic heterocycles. The van der Waals surface area contributed by atoms with Crippen LogP contribution in [0.5, 0.6) is 0 Å². The van der Waals surface area contributed by atoms with Gasteiger partial charge in [0.25, 0.3) is 0 Å². The maximum Gasteiger partial charge on any atom is 0.241 e. The number of aryl methyl sites for hydroxylation is 1. The molecule has 1 saturated carbocycles. The Kier molecular flexibility index (Phi) is 5.04. The third-order valence-electron chi connectivity index (χ3n) is 5.20. The van der Waals surface area contributed by atoms with Crippen molar-refractivity contribution in [2.75, 3.05) is 5.32 Å². The average molecular weight is 339 g/mol. The number of aromatic nitrogens is 1. The summed E-state index contributed by atoms with van der Waals surface area (Å²) in [4.78, 5) is 12.3. The van der Waals surface area contributed by atoms with Gasteiger partial charge in [0.2, 0.25) is 5.91 Å². The highest BCUT2D eigenvalue weighted by Crippen LogP contribution is 2.28. The molecular formula is C20H25N3O2. The Morgan fingerprint density at radius 2 is 1.84 bits per heavy atom. The maximum absolute atomic E-state index is 12.3. The average Bonchev–Trinajstić information content (AvgIpc) is 3.14. The molecule has 1 fully saturated rings. The number of nitrogens with zero attached hydrogens (tertiary/aromatic N) is 1. The Hall–Kier alpha value is -2.40. The lowest BCUT2D eigenvalue weighted by Crippen LogP contribution is -2.40. The third-order valence-corrected chi connectivity index (χ3v) is 5.20. The Morgan fingerprint density at radius 3 is 2.48 bits per heavy atom. The number of hydrogen-bond acceptors (Lipinski definition) is 3. The van der Waals surface area contributed by atoms with Crippen molar-refractivity contribution in [1.82, 2.24) is 0 Å². The summed E-state index contributed by atoms with van der Waals surface area (Å²) in [5, 5.41) is 14.7. The van der Waals surface area contributed by atoms with E-state index < -0.39 is 6.04 Å². The van der Waals surface area contributed by atoms with E-state index in [-0.39, 0.29) is 5.91 Å². The van der Waals surface area contributed by atoms with E-state index in [1.807, 2.05) is 44.2 Å². The van der Waals surface area contributed by atoms with Gasteiger partial charge < -0.3 is 16.3 Å². The van der Waals surface area contributed by atoms with Crippen LogP contribution >= 0.6 is 0 Å². The molecule has 1 amide bonds. The fourth-order valence-electron chi connectivity index (χ4n) is 3.68. The number of pyridine rings is 1. The number of nitrogens with one attached hydrogen (secondary N) is 1. The number of rotatable bonds is 4. The van der Waals surface area contributed by atoms with Crippen molar-refractivity contribution in [1.29, 1.82) is 0 Å². The number of carbonyl (C=O) groups excluding carboxylic acids is 1. The molecule has 25 heavy (non-hydrogen) atoms. The van der Waals surface area contributed by atoms with Crippen molar-refractivity contribution in [3.05, 3.63) is 53.0 Å². The SMILES string of the molecule is Cc1cc[n+]([O-])c(C)c1-c1ccc(NC(=O)[C@@H](N)C2CCCC2)cc1. The van der Waals surface area contributed by atoms with Crippen molar-refractivity contribution < 1.29 is 9.52 Å². The highest BCUT2D eigenvalue weighted by atomic mass is 16.5.